The number of carbonyl (C=O) groups is 2. The molecule has 1 unspecified atom stereocenters. The lowest BCUT2D eigenvalue weighted by atomic mass is 10.0. The van der Waals surface area contributed by atoms with E-state index in [2.05, 4.69) is 5.32 Å². The van der Waals surface area contributed by atoms with E-state index in [1.807, 2.05) is 4.90 Å². The number of hydrogen-bond acceptors (Lipinski definition) is 6. The van der Waals surface area contributed by atoms with Crippen molar-refractivity contribution < 1.29 is 27.1 Å². The SMILES string of the molecule is CCN(CC(c1ccccc1F)N1CCN(C(=O)[C@@H](Cc2ccc(Cl)cc2)NC(=O)OC(C)(C)C)CC1)S(C)(=O)=O. The van der Waals surface area contributed by atoms with Gasteiger partial charge in [-0.15, -0.1) is 0 Å². The number of benzene rings is 2. The smallest absolute Gasteiger partial charge is 0.408 e. The summed E-state index contributed by atoms with van der Waals surface area (Å²) in [6.45, 7) is 8.76. The maximum Gasteiger partial charge on any atom is 0.408 e. The van der Waals surface area contributed by atoms with E-state index in [0.717, 1.165) is 11.8 Å². The molecule has 2 atom stereocenters. The van der Waals surface area contributed by atoms with Gasteiger partial charge in [0.1, 0.15) is 17.5 Å². The first kappa shape index (κ1) is 32.8. The molecule has 1 saturated heterocycles. The van der Waals surface area contributed by atoms with Crippen LogP contribution in [0, 0.1) is 5.82 Å². The van der Waals surface area contributed by atoms with Gasteiger partial charge in [-0.3, -0.25) is 9.69 Å². The van der Waals surface area contributed by atoms with Crippen LogP contribution in [0.3, 0.4) is 0 Å². The van der Waals surface area contributed by atoms with Gasteiger partial charge in [-0.25, -0.2) is 21.9 Å². The molecule has 1 N–H and O–H groups in total. The molecule has 1 fully saturated rings. The molecule has 226 valence electrons. The van der Waals surface area contributed by atoms with Crippen LogP contribution in [0.25, 0.3) is 0 Å². The maximum absolute atomic E-state index is 14.9. The zero-order chi connectivity index (χ0) is 30.4. The van der Waals surface area contributed by atoms with E-state index in [4.69, 9.17) is 16.3 Å². The standard InChI is InChI=1S/C29H40ClFN4O5S/c1-6-35(41(5,38)39)20-26(23-9-7-8-10-24(23)31)33-15-17-34(18-16-33)27(36)25(32-28(37)40-29(2,3)4)19-21-11-13-22(30)14-12-21/h7-14,25-26H,6,15-20H2,1-5H3,(H,32,37)/t25-,26?/m1/s1. The Morgan fingerprint density at radius 1 is 1.07 bits per heavy atom. The van der Waals surface area contributed by atoms with Gasteiger partial charge in [-0.1, -0.05) is 48.9 Å². The molecule has 41 heavy (non-hydrogen) atoms. The predicted molar refractivity (Wildman–Crippen MR) is 158 cm³/mol. The van der Waals surface area contributed by atoms with Crippen molar-refractivity contribution in [3.8, 4) is 0 Å². The van der Waals surface area contributed by atoms with Crippen LogP contribution in [0.5, 0.6) is 0 Å². The van der Waals surface area contributed by atoms with Crippen molar-refractivity contribution in [1.82, 2.24) is 19.4 Å². The summed E-state index contributed by atoms with van der Waals surface area (Å²) in [5.74, 6) is -0.677. The lowest BCUT2D eigenvalue weighted by Crippen LogP contribution is -2.57. The molecule has 2 aromatic carbocycles. The van der Waals surface area contributed by atoms with E-state index in [9.17, 15) is 22.4 Å². The molecule has 0 aliphatic carbocycles. The van der Waals surface area contributed by atoms with E-state index < -0.39 is 39.6 Å². The topological polar surface area (TPSA) is 99.3 Å². The zero-order valence-corrected chi connectivity index (χ0v) is 25.8. The number of carbonyl (C=O) groups excluding carboxylic acids is 2. The number of sulfonamides is 1. The summed E-state index contributed by atoms with van der Waals surface area (Å²) in [6, 6.07) is 12.0. The van der Waals surface area contributed by atoms with E-state index in [1.165, 1.54) is 10.4 Å². The molecule has 1 aliphatic rings. The minimum atomic E-state index is -3.50. The second kappa shape index (κ2) is 14.0. The fourth-order valence-corrected chi connectivity index (χ4v) is 5.84. The average molecular weight is 611 g/mol. The number of nitrogens with one attached hydrogen (secondary N) is 1. The summed E-state index contributed by atoms with van der Waals surface area (Å²) in [6.07, 6.45) is 0.695. The molecular weight excluding hydrogens is 571 g/mol. The third-order valence-corrected chi connectivity index (χ3v) is 8.47. The molecule has 12 heteroatoms. The van der Waals surface area contributed by atoms with E-state index in [-0.39, 0.29) is 25.4 Å². The van der Waals surface area contributed by atoms with Gasteiger partial charge >= 0.3 is 6.09 Å². The monoisotopic (exact) mass is 610 g/mol. The van der Waals surface area contributed by atoms with E-state index in [1.54, 1.807) is 75.1 Å². The summed E-state index contributed by atoms with van der Waals surface area (Å²) < 4.78 is 46.4. The van der Waals surface area contributed by atoms with Gasteiger partial charge in [0, 0.05) is 56.3 Å². The van der Waals surface area contributed by atoms with Crippen molar-refractivity contribution in [3.05, 3.63) is 70.5 Å². The highest BCUT2D eigenvalue weighted by molar-refractivity contribution is 7.88. The Hall–Kier alpha value is -2.73. The quantitative estimate of drug-likeness (QED) is 0.435. The third-order valence-electron chi connectivity index (χ3n) is 6.87. The normalized spacial score (nSPS) is 16.3. The Balaban J connectivity index is 1.78. The van der Waals surface area contributed by atoms with Crippen LogP contribution in [-0.4, -0.2) is 91.7 Å². The van der Waals surface area contributed by atoms with Crippen molar-refractivity contribution in [1.29, 1.82) is 0 Å². The minimum Gasteiger partial charge on any atom is -0.444 e. The van der Waals surface area contributed by atoms with Gasteiger partial charge < -0.3 is 15.0 Å². The molecule has 3 rings (SSSR count). The van der Waals surface area contributed by atoms with Crippen LogP contribution in [-0.2, 0) is 26.0 Å². The van der Waals surface area contributed by atoms with Gasteiger partial charge in [0.05, 0.1) is 12.3 Å². The first-order chi connectivity index (χ1) is 19.2. The second-order valence-electron chi connectivity index (χ2n) is 11.1. The van der Waals surface area contributed by atoms with E-state index >= 15 is 0 Å². The van der Waals surface area contributed by atoms with Crippen molar-refractivity contribution in [2.24, 2.45) is 0 Å². The number of hydrogen-bond donors (Lipinski definition) is 1. The van der Waals surface area contributed by atoms with Crippen molar-refractivity contribution in [2.45, 2.75) is 51.8 Å². The fourth-order valence-electron chi connectivity index (χ4n) is 4.83. The highest BCUT2D eigenvalue weighted by Crippen LogP contribution is 2.27. The highest BCUT2D eigenvalue weighted by atomic mass is 35.5. The predicted octanol–water partition coefficient (Wildman–Crippen LogP) is 4.08. The fraction of sp³-hybridized carbons (Fsp3) is 0.517. The number of likely N-dealkylation sites (N-methyl/N-ethyl adjacent to an activating group) is 1. The Bertz CT molecular complexity index is 1300. The molecule has 0 aromatic heterocycles. The number of alkyl carbamates (subject to hydrolysis) is 1. The van der Waals surface area contributed by atoms with Crippen molar-refractivity contribution >= 4 is 33.6 Å². The van der Waals surface area contributed by atoms with Crippen molar-refractivity contribution in [2.75, 3.05) is 45.5 Å². The number of piperazine rings is 1. The highest BCUT2D eigenvalue weighted by Gasteiger charge is 2.34. The Morgan fingerprint density at radius 2 is 1.68 bits per heavy atom. The number of halogens is 2. The van der Waals surface area contributed by atoms with Gasteiger partial charge in [-0.2, -0.15) is 0 Å². The lowest BCUT2D eigenvalue weighted by molar-refractivity contribution is -0.135. The Morgan fingerprint density at radius 3 is 2.22 bits per heavy atom. The summed E-state index contributed by atoms with van der Waals surface area (Å²) >= 11 is 6.02. The zero-order valence-electron chi connectivity index (χ0n) is 24.3. The third kappa shape index (κ3) is 9.66. The van der Waals surface area contributed by atoms with Crippen LogP contribution in [0.4, 0.5) is 9.18 Å². The molecule has 0 spiro atoms. The molecule has 2 amide bonds. The molecule has 0 bridgehead atoms. The lowest BCUT2D eigenvalue weighted by Gasteiger charge is -2.41. The van der Waals surface area contributed by atoms with Gasteiger partial charge in [0.15, 0.2) is 0 Å². The molecule has 0 radical (unpaired) electrons. The van der Waals surface area contributed by atoms with E-state index in [0.29, 0.717) is 36.8 Å². The number of ether oxygens (including phenoxy) is 1. The van der Waals surface area contributed by atoms with Crippen LogP contribution in [0.1, 0.15) is 44.9 Å². The molecule has 2 aromatic rings. The second-order valence-corrected chi connectivity index (χ2v) is 13.6. The molecular formula is C29H40ClFN4O5S. The average Bonchev–Trinajstić information content (AvgIpc) is 2.89. The Labute approximate surface area is 247 Å². The molecule has 1 heterocycles. The molecule has 9 nitrogen and oxygen atoms in total. The van der Waals surface area contributed by atoms with Crippen LogP contribution >= 0.6 is 11.6 Å². The van der Waals surface area contributed by atoms with Crippen LogP contribution in [0.2, 0.25) is 5.02 Å². The molecule has 1 aliphatic heterocycles. The van der Waals surface area contributed by atoms with Crippen molar-refractivity contribution in [3.63, 3.8) is 0 Å². The van der Waals surface area contributed by atoms with Crippen LogP contribution < -0.4 is 5.32 Å². The summed E-state index contributed by atoms with van der Waals surface area (Å²) in [5.41, 5.74) is 0.494. The number of nitrogens with zero attached hydrogens (tertiary/aromatic N) is 3. The first-order valence-electron chi connectivity index (χ1n) is 13.6. The Kier molecular flexibility index (Phi) is 11.2. The van der Waals surface area contributed by atoms with Gasteiger partial charge in [0.25, 0.3) is 0 Å². The number of rotatable bonds is 10. The minimum absolute atomic E-state index is 0.0869. The van der Waals surface area contributed by atoms with Gasteiger partial charge in [0.2, 0.25) is 15.9 Å². The largest absolute Gasteiger partial charge is 0.444 e. The first-order valence-corrected chi connectivity index (χ1v) is 15.9. The maximum atomic E-state index is 14.9. The summed E-state index contributed by atoms with van der Waals surface area (Å²) in [5, 5.41) is 3.29. The summed E-state index contributed by atoms with van der Waals surface area (Å²) in [7, 11) is -3.50. The summed E-state index contributed by atoms with van der Waals surface area (Å²) in [4.78, 5) is 30.0. The molecule has 0 saturated carbocycles. The van der Waals surface area contributed by atoms with Gasteiger partial charge in [-0.05, 0) is 44.5 Å². The van der Waals surface area contributed by atoms with Crippen LogP contribution in [0.15, 0.2) is 48.5 Å². The number of amides is 2.